The van der Waals surface area contributed by atoms with Crippen molar-refractivity contribution in [2.75, 3.05) is 19.6 Å². The minimum absolute atomic E-state index is 0. The first-order chi connectivity index (χ1) is 8.59. The number of carbonyl (C=O) groups is 1. The Morgan fingerprint density at radius 3 is 2.53 bits per heavy atom. The van der Waals surface area contributed by atoms with Gasteiger partial charge in [0, 0.05) is 19.0 Å². The van der Waals surface area contributed by atoms with E-state index in [-0.39, 0.29) is 35.8 Å². The van der Waals surface area contributed by atoms with E-state index in [1.165, 1.54) is 6.42 Å². The molecule has 0 aliphatic heterocycles. The lowest BCUT2D eigenvalue weighted by molar-refractivity contribution is -0.127. The van der Waals surface area contributed by atoms with E-state index in [0.29, 0.717) is 19.0 Å². The fourth-order valence-corrected chi connectivity index (χ4v) is 1.61. The van der Waals surface area contributed by atoms with Crippen LogP contribution in [0.1, 0.15) is 32.6 Å². The van der Waals surface area contributed by atoms with Crippen LogP contribution in [-0.4, -0.2) is 31.5 Å². The topological polar surface area (TPSA) is 79.5 Å². The van der Waals surface area contributed by atoms with Crippen molar-refractivity contribution in [2.24, 2.45) is 16.6 Å². The van der Waals surface area contributed by atoms with Crippen LogP contribution in [0.15, 0.2) is 17.1 Å². The molecule has 19 heavy (non-hydrogen) atoms. The molecular formula is C13H25IN4O. The third-order valence-electron chi connectivity index (χ3n) is 2.95. The minimum Gasteiger partial charge on any atom is -0.370 e. The Morgan fingerprint density at radius 1 is 1.37 bits per heavy atom. The number of rotatable bonds is 7. The van der Waals surface area contributed by atoms with Gasteiger partial charge in [-0.25, -0.2) is 4.99 Å². The zero-order valence-electron chi connectivity index (χ0n) is 11.6. The molecule has 1 amide bonds. The van der Waals surface area contributed by atoms with E-state index in [2.05, 4.69) is 22.2 Å². The molecule has 0 radical (unpaired) electrons. The largest absolute Gasteiger partial charge is 0.370 e. The maximum absolute atomic E-state index is 11.5. The molecule has 6 heteroatoms. The predicted octanol–water partition coefficient (Wildman–Crippen LogP) is 1.39. The first-order valence-electron chi connectivity index (χ1n) is 6.55. The number of aliphatic imine (C=N–C) groups is 1. The van der Waals surface area contributed by atoms with Crippen LogP contribution in [0.5, 0.6) is 0 Å². The molecule has 1 saturated carbocycles. The van der Waals surface area contributed by atoms with E-state index in [0.717, 1.165) is 31.4 Å². The molecule has 0 aromatic carbocycles. The average molecular weight is 380 g/mol. The standard InChI is InChI=1S/C13H24N4O.HI/c1-10(2)9-17-13(14)16-8-4-7-15-12(18)11-5-3-6-11;/h11H,1,3-9H2,2H3,(H,15,18)(H3,14,16,17);1H. The zero-order chi connectivity index (χ0) is 13.4. The molecule has 0 atom stereocenters. The fraction of sp³-hybridized carbons (Fsp3) is 0.692. The molecule has 0 saturated heterocycles. The molecule has 0 spiro atoms. The average Bonchev–Trinajstić information content (AvgIpc) is 2.23. The summed E-state index contributed by atoms with van der Waals surface area (Å²) in [6.07, 6.45) is 4.13. The number of carbonyl (C=O) groups excluding carboxylic acids is 1. The Hall–Kier alpha value is -0.790. The molecular weight excluding hydrogens is 355 g/mol. The van der Waals surface area contributed by atoms with E-state index in [9.17, 15) is 4.79 Å². The van der Waals surface area contributed by atoms with Gasteiger partial charge in [-0.1, -0.05) is 18.6 Å². The van der Waals surface area contributed by atoms with Crippen LogP contribution >= 0.6 is 24.0 Å². The maximum Gasteiger partial charge on any atom is 0.223 e. The van der Waals surface area contributed by atoms with Crippen molar-refractivity contribution < 1.29 is 4.79 Å². The molecule has 1 fully saturated rings. The van der Waals surface area contributed by atoms with Gasteiger partial charge in [-0.05, 0) is 26.2 Å². The number of nitrogens with one attached hydrogen (secondary N) is 2. The van der Waals surface area contributed by atoms with Crippen LogP contribution in [0.25, 0.3) is 0 Å². The second-order valence-electron chi connectivity index (χ2n) is 4.86. The summed E-state index contributed by atoms with van der Waals surface area (Å²) in [5.41, 5.74) is 6.63. The molecule has 0 unspecified atom stereocenters. The first kappa shape index (κ1) is 18.2. The number of nitrogens with two attached hydrogens (primary N) is 1. The highest BCUT2D eigenvalue weighted by atomic mass is 127. The van der Waals surface area contributed by atoms with Crippen molar-refractivity contribution in [3.63, 3.8) is 0 Å². The van der Waals surface area contributed by atoms with Gasteiger partial charge in [-0.2, -0.15) is 0 Å². The SMILES string of the molecule is C=C(C)CN=C(N)NCCCNC(=O)C1CCC1.I. The van der Waals surface area contributed by atoms with Gasteiger partial charge in [0.2, 0.25) is 5.91 Å². The Morgan fingerprint density at radius 2 is 2.00 bits per heavy atom. The smallest absolute Gasteiger partial charge is 0.223 e. The second-order valence-corrected chi connectivity index (χ2v) is 4.86. The molecule has 0 bridgehead atoms. The molecule has 5 nitrogen and oxygen atoms in total. The molecule has 1 aliphatic carbocycles. The highest BCUT2D eigenvalue weighted by Crippen LogP contribution is 2.25. The number of guanidine groups is 1. The minimum atomic E-state index is 0. The summed E-state index contributed by atoms with van der Waals surface area (Å²) in [5, 5.41) is 5.94. The first-order valence-corrected chi connectivity index (χ1v) is 6.55. The highest BCUT2D eigenvalue weighted by molar-refractivity contribution is 14.0. The van der Waals surface area contributed by atoms with E-state index in [4.69, 9.17) is 5.73 Å². The maximum atomic E-state index is 11.5. The van der Waals surface area contributed by atoms with Gasteiger partial charge in [0.05, 0.1) is 6.54 Å². The molecule has 0 aromatic heterocycles. The number of hydrogen-bond donors (Lipinski definition) is 3. The van der Waals surface area contributed by atoms with Crippen molar-refractivity contribution in [3.8, 4) is 0 Å². The summed E-state index contributed by atoms with van der Waals surface area (Å²) in [6.45, 7) is 7.62. The van der Waals surface area contributed by atoms with Crippen LogP contribution in [0, 0.1) is 5.92 Å². The molecule has 0 heterocycles. The molecule has 1 aliphatic rings. The summed E-state index contributed by atoms with van der Waals surface area (Å²) in [4.78, 5) is 15.6. The lowest BCUT2D eigenvalue weighted by Crippen LogP contribution is -2.37. The molecule has 4 N–H and O–H groups in total. The lowest BCUT2D eigenvalue weighted by atomic mass is 9.85. The van der Waals surface area contributed by atoms with Gasteiger partial charge < -0.3 is 16.4 Å². The van der Waals surface area contributed by atoms with Gasteiger partial charge in [-0.15, -0.1) is 24.0 Å². The van der Waals surface area contributed by atoms with Gasteiger partial charge in [0.1, 0.15) is 0 Å². The van der Waals surface area contributed by atoms with E-state index >= 15 is 0 Å². The normalized spacial score (nSPS) is 15.1. The van der Waals surface area contributed by atoms with Gasteiger partial charge in [0.15, 0.2) is 5.96 Å². The molecule has 110 valence electrons. The van der Waals surface area contributed by atoms with Crippen LogP contribution in [0.3, 0.4) is 0 Å². The van der Waals surface area contributed by atoms with E-state index in [1.54, 1.807) is 0 Å². The van der Waals surface area contributed by atoms with Gasteiger partial charge in [-0.3, -0.25) is 4.79 Å². The Balaban J connectivity index is 0.00000324. The Bertz CT molecular complexity index is 327. The fourth-order valence-electron chi connectivity index (χ4n) is 1.61. The van der Waals surface area contributed by atoms with E-state index < -0.39 is 0 Å². The Kier molecular flexibility index (Phi) is 9.63. The Labute approximate surface area is 132 Å². The van der Waals surface area contributed by atoms with Crippen LogP contribution in [-0.2, 0) is 4.79 Å². The van der Waals surface area contributed by atoms with Crippen LogP contribution < -0.4 is 16.4 Å². The predicted molar refractivity (Wildman–Crippen MR) is 89.7 cm³/mol. The van der Waals surface area contributed by atoms with Gasteiger partial charge in [0.25, 0.3) is 0 Å². The van der Waals surface area contributed by atoms with Crippen LogP contribution in [0.2, 0.25) is 0 Å². The summed E-state index contributed by atoms with van der Waals surface area (Å²) in [7, 11) is 0. The third-order valence-corrected chi connectivity index (χ3v) is 2.95. The van der Waals surface area contributed by atoms with Gasteiger partial charge >= 0.3 is 0 Å². The monoisotopic (exact) mass is 380 g/mol. The summed E-state index contributed by atoms with van der Waals surface area (Å²) < 4.78 is 0. The summed E-state index contributed by atoms with van der Waals surface area (Å²) in [5.74, 6) is 0.897. The zero-order valence-corrected chi connectivity index (χ0v) is 13.9. The quantitative estimate of drug-likeness (QED) is 0.205. The van der Waals surface area contributed by atoms with Crippen molar-refractivity contribution in [1.82, 2.24) is 10.6 Å². The molecule has 0 aromatic rings. The number of nitrogens with zero attached hydrogens (tertiary/aromatic N) is 1. The van der Waals surface area contributed by atoms with Crippen LogP contribution in [0.4, 0.5) is 0 Å². The van der Waals surface area contributed by atoms with Crippen molar-refractivity contribution >= 4 is 35.8 Å². The highest BCUT2D eigenvalue weighted by Gasteiger charge is 2.24. The summed E-state index contributed by atoms with van der Waals surface area (Å²) >= 11 is 0. The number of amides is 1. The second kappa shape index (κ2) is 10.1. The number of hydrogen-bond acceptors (Lipinski definition) is 2. The lowest BCUT2D eigenvalue weighted by Gasteiger charge is -2.24. The van der Waals surface area contributed by atoms with Crippen molar-refractivity contribution in [3.05, 3.63) is 12.2 Å². The third kappa shape index (κ3) is 8.07. The van der Waals surface area contributed by atoms with Crippen molar-refractivity contribution in [1.29, 1.82) is 0 Å². The molecule has 1 rings (SSSR count). The van der Waals surface area contributed by atoms with E-state index in [1.807, 2.05) is 6.92 Å². The summed E-state index contributed by atoms with van der Waals surface area (Å²) in [6, 6.07) is 0. The number of halogens is 1. The van der Waals surface area contributed by atoms with Crippen molar-refractivity contribution in [2.45, 2.75) is 32.6 Å².